The number of quaternary nitrogens is 1. The lowest BCUT2D eigenvalue weighted by Gasteiger charge is -2.12. The van der Waals surface area contributed by atoms with E-state index in [9.17, 15) is 26.0 Å². The highest BCUT2D eigenvalue weighted by Crippen LogP contribution is 2.18. The number of alkyl halides is 3. The minimum atomic E-state index is -4.51. The molecule has 1 aliphatic rings. The van der Waals surface area contributed by atoms with Crippen LogP contribution in [0, 0.1) is 5.82 Å². The zero-order valence-electron chi connectivity index (χ0n) is 12.0. The van der Waals surface area contributed by atoms with Crippen LogP contribution in [-0.2, 0) is 9.84 Å². The van der Waals surface area contributed by atoms with Crippen LogP contribution in [0.3, 0.4) is 0 Å². The van der Waals surface area contributed by atoms with E-state index in [0.717, 1.165) is 18.2 Å². The first-order valence-corrected chi connectivity index (χ1v) is 8.46. The van der Waals surface area contributed by atoms with Gasteiger partial charge >= 0.3 is 6.18 Å². The largest absolute Gasteiger partial charge is 0.433 e. The molecule has 4 nitrogen and oxygen atoms in total. The van der Waals surface area contributed by atoms with Crippen LogP contribution < -0.4 is 4.90 Å². The lowest BCUT2D eigenvalue weighted by atomic mass is 10.3. The van der Waals surface area contributed by atoms with Crippen LogP contribution >= 0.6 is 0 Å². The Kier molecular flexibility index (Phi) is 5.20. The molecular weight excluding hydrogens is 336 g/mol. The fourth-order valence-corrected chi connectivity index (χ4v) is 3.39. The zero-order chi connectivity index (χ0) is 17.1. The maximum absolute atomic E-state index is 12.8. The number of allylic oxidation sites excluding steroid dienone is 1. The number of halogens is 4. The molecule has 0 aromatic heterocycles. The van der Waals surface area contributed by atoms with Gasteiger partial charge in [-0.15, -0.1) is 0 Å². The zero-order valence-corrected chi connectivity index (χ0v) is 12.8. The van der Waals surface area contributed by atoms with Crippen molar-refractivity contribution in [2.45, 2.75) is 11.1 Å². The van der Waals surface area contributed by atoms with Gasteiger partial charge in [0.25, 0.3) is 0 Å². The summed E-state index contributed by atoms with van der Waals surface area (Å²) in [4.78, 5) is 4.02. The second-order valence-electron chi connectivity index (χ2n) is 5.03. The van der Waals surface area contributed by atoms with E-state index in [-0.39, 0.29) is 30.3 Å². The summed E-state index contributed by atoms with van der Waals surface area (Å²) in [5.74, 6) is -0.790. The monoisotopic (exact) mass is 351 g/mol. The normalized spacial score (nSPS) is 19.3. The van der Waals surface area contributed by atoms with Crippen LogP contribution in [0.5, 0.6) is 0 Å². The number of hydrogen-bond acceptors (Lipinski definition) is 3. The van der Waals surface area contributed by atoms with Gasteiger partial charge in [-0.2, -0.15) is 13.2 Å². The van der Waals surface area contributed by atoms with Crippen LogP contribution in [0.4, 0.5) is 17.6 Å². The third kappa shape index (κ3) is 4.87. The molecule has 2 rings (SSSR count). The lowest BCUT2D eigenvalue weighted by Crippen LogP contribution is -3.08. The predicted molar refractivity (Wildman–Crippen MR) is 76.6 cm³/mol. The summed E-state index contributed by atoms with van der Waals surface area (Å²) in [5, 5.41) is 0. The molecule has 0 fully saturated rings. The molecule has 1 unspecified atom stereocenters. The van der Waals surface area contributed by atoms with Gasteiger partial charge in [-0.25, -0.2) is 12.8 Å². The summed E-state index contributed by atoms with van der Waals surface area (Å²) in [5.41, 5.74) is -0.964. The molecule has 0 bridgehead atoms. The number of aliphatic imine (C=N–C) groups is 1. The third-order valence-electron chi connectivity index (χ3n) is 3.35. The van der Waals surface area contributed by atoms with Crippen molar-refractivity contribution in [3.63, 3.8) is 0 Å². The Morgan fingerprint density at radius 2 is 1.83 bits per heavy atom. The fraction of sp³-hybridized carbons (Fsp3) is 0.357. The number of nitrogens with zero attached hydrogens (tertiary/aromatic N) is 1. The summed E-state index contributed by atoms with van der Waals surface area (Å²) < 4.78 is 74.8. The fourth-order valence-electron chi connectivity index (χ4n) is 2.07. The Morgan fingerprint density at radius 1 is 1.17 bits per heavy atom. The molecule has 0 radical (unpaired) electrons. The SMILES string of the molecule is O=S(=O)(CC[NH+]1C=CC(C(F)(F)F)=NCC1)c1ccc(F)cc1. The van der Waals surface area contributed by atoms with Crippen molar-refractivity contribution in [2.75, 3.05) is 25.4 Å². The molecule has 0 aliphatic carbocycles. The van der Waals surface area contributed by atoms with Crippen molar-refractivity contribution in [3.8, 4) is 0 Å². The van der Waals surface area contributed by atoms with Crippen LogP contribution in [0.2, 0.25) is 0 Å². The van der Waals surface area contributed by atoms with Gasteiger partial charge in [0.1, 0.15) is 23.8 Å². The Hall–Kier alpha value is -1.74. The van der Waals surface area contributed by atoms with Crippen molar-refractivity contribution in [3.05, 3.63) is 42.4 Å². The molecule has 0 spiro atoms. The molecule has 1 aliphatic heterocycles. The maximum Gasteiger partial charge on any atom is 0.433 e. The Labute approximate surface area is 131 Å². The third-order valence-corrected chi connectivity index (χ3v) is 5.08. The number of benzene rings is 1. The summed E-state index contributed by atoms with van der Waals surface area (Å²) in [6, 6.07) is 4.44. The van der Waals surface area contributed by atoms with Crippen molar-refractivity contribution in [2.24, 2.45) is 4.99 Å². The quantitative estimate of drug-likeness (QED) is 0.650. The Balaban J connectivity index is 2.00. The van der Waals surface area contributed by atoms with E-state index in [4.69, 9.17) is 0 Å². The summed E-state index contributed by atoms with van der Waals surface area (Å²) in [6.07, 6.45) is -2.36. The number of sulfone groups is 1. The highest BCUT2D eigenvalue weighted by Gasteiger charge is 2.35. The first-order valence-electron chi connectivity index (χ1n) is 6.81. The first kappa shape index (κ1) is 17.6. The number of nitrogens with one attached hydrogen (secondary N) is 1. The average molecular weight is 351 g/mol. The maximum atomic E-state index is 12.8. The summed E-state index contributed by atoms with van der Waals surface area (Å²) >= 11 is 0. The van der Waals surface area contributed by atoms with E-state index in [2.05, 4.69) is 4.99 Å². The van der Waals surface area contributed by atoms with Gasteiger partial charge in [-0.05, 0) is 24.3 Å². The van der Waals surface area contributed by atoms with Gasteiger partial charge in [-0.3, -0.25) is 4.99 Å². The van der Waals surface area contributed by atoms with Crippen LogP contribution in [0.15, 0.2) is 46.4 Å². The molecule has 9 heteroatoms. The Bertz CT molecular complexity index is 709. The molecule has 23 heavy (non-hydrogen) atoms. The highest BCUT2D eigenvalue weighted by molar-refractivity contribution is 7.91. The van der Waals surface area contributed by atoms with E-state index in [1.54, 1.807) is 0 Å². The molecule has 1 heterocycles. The van der Waals surface area contributed by atoms with Crippen LogP contribution in [0.25, 0.3) is 0 Å². The molecule has 1 N–H and O–H groups in total. The smallest absolute Gasteiger partial charge is 0.306 e. The van der Waals surface area contributed by atoms with Crippen molar-refractivity contribution < 1.29 is 30.9 Å². The average Bonchev–Trinajstić information content (AvgIpc) is 2.71. The molecule has 1 aromatic rings. The summed E-state index contributed by atoms with van der Waals surface area (Å²) in [6.45, 7) is 0.347. The lowest BCUT2D eigenvalue weighted by molar-refractivity contribution is -0.842. The van der Waals surface area contributed by atoms with Crippen molar-refractivity contribution in [1.29, 1.82) is 0 Å². The standard InChI is InChI=1S/C14H14F4N2O2S/c15-11-1-3-12(4-2-11)23(21,22)10-9-20-7-5-13(14(16,17)18)19-6-8-20/h1-5,7H,6,8-10H2/p+1. The van der Waals surface area contributed by atoms with Gasteiger partial charge in [0.05, 0.1) is 24.2 Å². The number of hydrogen-bond donors (Lipinski definition) is 1. The van der Waals surface area contributed by atoms with Gasteiger partial charge in [-0.1, -0.05) is 0 Å². The number of rotatable bonds is 4. The minimum absolute atomic E-state index is 0.00988. The van der Waals surface area contributed by atoms with Gasteiger partial charge in [0.15, 0.2) is 9.84 Å². The van der Waals surface area contributed by atoms with E-state index in [1.807, 2.05) is 0 Å². The van der Waals surface area contributed by atoms with E-state index < -0.39 is 27.5 Å². The van der Waals surface area contributed by atoms with E-state index >= 15 is 0 Å². The van der Waals surface area contributed by atoms with Gasteiger partial charge < -0.3 is 4.90 Å². The second-order valence-corrected chi connectivity index (χ2v) is 7.14. The topological polar surface area (TPSA) is 50.9 Å². The minimum Gasteiger partial charge on any atom is -0.306 e. The van der Waals surface area contributed by atoms with E-state index in [1.165, 1.54) is 18.3 Å². The van der Waals surface area contributed by atoms with E-state index in [0.29, 0.717) is 4.90 Å². The molecule has 126 valence electrons. The van der Waals surface area contributed by atoms with Gasteiger partial charge in [0.2, 0.25) is 0 Å². The molecule has 1 aromatic carbocycles. The molecule has 0 amide bonds. The first-order chi connectivity index (χ1) is 10.7. The summed E-state index contributed by atoms with van der Waals surface area (Å²) in [7, 11) is -3.61. The molecular formula is C14H15F4N2O2S+. The predicted octanol–water partition coefficient (Wildman–Crippen LogP) is 1.01. The van der Waals surface area contributed by atoms with Crippen molar-refractivity contribution >= 4 is 15.5 Å². The van der Waals surface area contributed by atoms with Crippen LogP contribution in [-0.4, -0.2) is 45.7 Å². The van der Waals surface area contributed by atoms with Crippen molar-refractivity contribution in [1.82, 2.24) is 0 Å². The molecule has 1 atom stereocenters. The van der Waals surface area contributed by atoms with Gasteiger partial charge in [0, 0.05) is 6.08 Å². The molecule has 0 saturated carbocycles. The Morgan fingerprint density at radius 3 is 2.43 bits per heavy atom. The second kappa shape index (κ2) is 6.79. The highest BCUT2D eigenvalue weighted by atomic mass is 32.2. The van der Waals surface area contributed by atoms with Crippen LogP contribution in [0.1, 0.15) is 0 Å². The molecule has 0 saturated heterocycles.